The molecule has 1 aromatic carbocycles. The van der Waals surface area contributed by atoms with E-state index >= 15 is 0 Å². The minimum atomic E-state index is -0.608. The highest BCUT2D eigenvalue weighted by Gasteiger charge is 2.34. The van der Waals surface area contributed by atoms with Gasteiger partial charge in [0, 0.05) is 12.1 Å². The molecule has 0 bridgehead atoms. The number of carbonyl (C=O) groups is 1. The molecule has 0 radical (unpaired) electrons. The first kappa shape index (κ1) is 17.7. The maximum Gasteiger partial charge on any atom is 0.260 e. The molecule has 1 saturated carbocycles. The number of ether oxygens (including phenoxy) is 1. The molecule has 1 fully saturated rings. The van der Waals surface area contributed by atoms with Gasteiger partial charge in [-0.25, -0.2) is 4.39 Å². The van der Waals surface area contributed by atoms with E-state index in [9.17, 15) is 9.18 Å². The van der Waals surface area contributed by atoms with Crippen LogP contribution >= 0.6 is 0 Å². The largest absolute Gasteiger partial charge is 0.481 e. The quantitative estimate of drug-likeness (QED) is 0.875. The van der Waals surface area contributed by atoms with Crippen molar-refractivity contribution in [1.29, 1.82) is 0 Å². The van der Waals surface area contributed by atoms with Crippen LogP contribution in [0.25, 0.3) is 0 Å². The van der Waals surface area contributed by atoms with E-state index in [2.05, 4.69) is 24.3 Å². The third kappa shape index (κ3) is 4.67. The van der Waals surface area contributed by atoms with Crippen molar-refractivity contribution in [3.63, 3.8) is 0 Å². The maximum atomic E-state index is 12.9. The summed E-state index contributed by atoms with van der Waals surface area (Å²) >= 11 is 0. The molecule has 0 spiro atoms. The van der Waals surface area contributed by atoms with Crippen LogP contribution in [0, 0.1) is 5.82 Å². The van der Waals surface area contributed by atoms with E-state index in [1.54, 1.807) is 6.92 Å². The molecule has 128 valence electrons. The zero-order valence-corrected chi connectivity index (χ0v) is 14.3. The number of halogens is 1. The highest BCUT2D eigenvalue weighted by molar-refractivity contribution is 5.80. The van der Waals surface area contributed by atoms with Gasteiger partial charge < -0.3 is 15.0 Å². The second-order valence-electron chi connectivity index (χ2n) is 6.61. The van der Waals surface area contributed by atoms with Crippen molar-refractivity contribution in [2.75, 3.05) is 20.6 Å². The van der Waals surface area contributed by atoms with Gasteiger partial charge >= 0.3 is 0 Å². The Morgan fingerprint density at radius 2 is 1.87 bits per heavy atom. The number of benzene rings is 1. The number of hydrogen-bond donors (Lipinski definition) is 1. The van der Waals surface area contributed by atoms with Gasteiger partial charge in [0.2, 0.25) is 0 Å². The minimum Gasteiger partial charge on any atom is -0.481 e. The van der Waals surface area contributed by atoms with Gasteiger partial charge in [0.15, 0.2) is 6.10 Å². The van der Waals surface area contributed by atoms with Crippen LogP contribution < -0.4 is 10.1 Å². The zero-order valence-electron chi connectivity index (χ0n) is 14.3. The second kappa shape index (κ2) is 7.77. The molecule has 1 atom stereocenters. The number of nitrogens with zero attached hydrogens (tertiary/aromatic N) is 1. The highest BCUT2D eigenvalue weighted by atomic mass is 19.1. The fourth-order valence-electron chi connectivity index (χ4n) is 3.16. The molecule has 2 rings (SSSR count). The molecule has 0 heterocycles. The lowest BCUT2D eigenvalue weighted by molar-refractivity contribution is -0.128. The van der Waals surface area contributed by atoms with Crippen molar-refractivity contribution in [2.24, 2.45) is 0 Å². The second-order valence-corrected chi connectivity index (χ2v) is 6.61. The first-order chi connectivity index (χ1) is 10.9. The van der Waals surface area contributed by atoms with Gasteiger partial charge in [-0.3, -0.25) is 4.79 Å². The smallest absolute Gasteiger partial charge is 0.260 e. The molecule has 1 aliphatic rings. The third-order valence-electron chi connectivity index (χ3n) is 4.82. The molecule has 1 N–H and O–H groups in total. The molecular weight excluding hydrogens is 295 g/mol. The number of likely N-dealkylation sites (N-methyl/N-ethyl adjacent to an activating group) is 1. The summed E-state index contributed by atoms with van der Waals surface area (Å²) in [4.78, 5) is 14.5. The van der Waals surface area contributed by atoms with E-state index in [0.29, 0.717) is 12.3 Å². The Labute approximate surface area is 138 Å². The number of nitrogens with one attached hydrogen (secondary N) is 1. The maximum absolute atomic E-state index is 12.9. The summed E-state index contributed by atoms with van der Waals surface area (Å²) in [5.41, 5.74) is 0.0451. The van der Waals surface area contributed by atoms with Gasteiger partial charge in [-0.2, -0.15) is 0 Å². The summed E-state index contributed by atoms with van der Waals surface area (Å²) in [6.07, 6.45) is 5.28. The first-order valence-electron chi connectivity index (χ1n) is 8.30. The van der Waals surface area contributed by atoms with Crippen LogP contribution in [0.4, 0.5) is 4.39 Å². The molecule has 0 saturated heterocycles. The molecule has 1 aliphatic carbocycles. The van der Waals surface area contributed by atoms with Crippen molar-refractivity contribution in [3.05, 3.63) is 30.1 Å². The van der Waals surface area contributed by atoms with Gasteiger partial charge in [-0.1, -0.05) is 19.3 Å². The topological polar surface area (TPSA) is 41.6 Å². The predicted octanol–water partition coefficient (Wildman–Crippen LogP) is 2.97. The fourth-order valence-corrected chi connectivity index (χ4v) is 3.16. The Bertz CT molecular complexity index is 510. The Kier molecular flexibility index (Phi) is 5.99. The van der Waals surface area contributed by atoms with E-state index in [4.69, 9.17) is 4.74 Å². The van der Waals surface area contributed by atoms with Gasteiger partial charge in [0.1, 0.15) is 11.6 Å². The van der Waals surface area contributed by atoms with Gasteiger partial charge in [-0.05, 0) is 58.1 Å². The lowest BCUT2D eigenvalue weighted by Crippen LogP contribution is -2.55. The Morgan fingerprint density at radius 1 is 1.26 bits per heavy atom. The standard InChI is InChI=1S/C18H27FN2O2/c1-14(23-16-9-7-15(19)8-10-16)17(22)20-13-18(21(2)3)11-5-4-6-12-18/h7-10,14H,4-6,11-13H2,1-3H3,(H,20,22)/t14-/m1/s1. The Morgan fingerprint density at radius 3 is 2.43 bits per heavy atom. The highest BCUT2D eigenvalue weighted by Crippen LogP contribution is 2.31. The third-order valence-corrected chi connectivity index (χ3v) is 4.82. The van der Waals surface area contributed by atoms with Crippen LogP contribution in [0.5, 0.6) is 5.75 Å². The summed E-state index contributed by atoms with van der Waals surface area (Å²) in [6, 6.07) is 5.70. The lowest BCUT2D eigenvalue weighted by atomic mass is 9.80. The summed E-state index contributed by atoms with van der Waals surface area (Å²) < 4.78 is 18.5. The number of hydrogen-bond acceptors (Lipinski definition) is 3. The average Bonchev–Trinajstić information content (AvgIpc) is 2.55. The molecule has 0 aliphatic heterocycles. The summed E-state index contributed by atoms with van der Waals surface area (Å²) in [5, 5.41) is 3.03. The van der Waals surface area contributed by atoms with Crippen LogP contribution in [0.2, 0.25) is 0 Å². The number of amides is 1. The molecule has 23 heavy (non-hydrogen) atoms. The number of carbonyl (C=O) groups excluding carboxylic acids is 1. The Balaban J connectivity index is 1.88. The molecule has 1 aromatic rings. The Hall–Kier alpha value is -1.62. The SMILES string of the molecule is C[C@@H](Oc1ccc(F)cc1)C(=O)NCC1(N(C)C)CCCCC1. The van der Waals surface area contributed by atoms with E-state index < -0.39 is 6.10 Å². The average molecular weight is 322 g/mol. The monoisotopic (exact) mass is 322 g/mol. The fraction of sp³-hybridized carbons (Fsp3) is 0.611. The summed E-state index contributed by atoms with van der Waals surface area (Å²) in [5.74, 6) is 0.0369. The van der Waals surface area contributed by atoms with Crippen LogP contribution in [0.1, 0.15) is 39.0 Å². The van der Waals surface area contributed by atoms with Crippen molar-refractivity contribution in [3.8, 4) is 5.75 Å². The summed E-state index contributed by atoms with van der Waals surface area (Å²) in [6.45, 7) is 2.35. The van der Waals surface area contributed by atoms with E-state index in [1.165, 1.54) is 43.5 Å². The predicted molar refractivity (Wildman–Crippen MR) is 89.0 cm³/mol. The van der Waals surface area contributed by atoms with Crippen molar-refractivity contribution >= 4 is 5.91 Å². The lowest BCUT2D eigenvalue weighted by Gasteiger charge is -2.43. The zero-order chi connectivity index (χ0) is 16.9. The van der Waals surface area contributed by atoms with Crippen molar-refractivity contribution < 1.29 is 13.9 Å². The first-order valence-corrected chi connectivity index (χ1v) is 8.30. The van der Waals surface area contributed by atoms with Gasteiger partial charge in [0.25, 0.3) is 5.91 Å². The van der Waals surface area contributed by atoms with Crippen molar-refractivity contribution in [2.45, 2.75) is 50.7 Å². The van der Waals surface area contributed by atoms with E-state index in [-0.39, 0.29) is 17.3 Å². The molecule has 1 amide bonds. The minimum absolute atomic E-state index is 0.0451. The van der Waals surface area contributed by atoms with E-state index in [1.807, 2.05) is 0 Å². The summed E-state index contributed by atoms with van der Waals surface area (Å²) in [7, 11) is 4.16. The molecule has 5 heteroatoms. The van der Waals surface area contributed by atoms with Gasteiger partial charge in [-0.15, -0.1) is 0 Å². The normalized spacial score (nSPS) is 18.5. The van der Waals surface area contributed by atoms with Gasteiger partial charge in [0.05, 0.1) is 0 Å². The molecular formula is C18H27FN2O2. The molecule has 0 aromatic heterocycles. The van der Waals surface area contributed by atoms with Crippen molar-refractivity contribution in [1.82, 2.24) is 10.2 Å². The van der Waals surface area contributed by atoms with E-state index in [0.717, 1.165) is 12.8 Å². The van der Waals surface area contributed by atoms with Crippen LogP contribution in [-0.2, 0) is 4.79 Å². The van der Waals surface area contributed by atoms with Crippen LogP contribution in [-0.4, -0.2) is 43.1 Å². The molecule has 0 unspecified atom stereocenters. The van der Waals surface area contributed by atoms with Crippen LogP contribution in [0.3, 0.4) is 0 Å². The van der Waals surface area contributed by atoms with Crippen LogP contribution in [0.15, 0.2) is 24.3 Å². The molecule has 4 nitrogen and oxygen atoms in total. The number of rotatable bonds is 6.